The minimum Gasteiger partial charge on any atom is -0.467 e. The van der Waals surface area contributed by atoms with Crippen LogP contribution in [0.1, 0.15) is 49.6 Å². The summed E-state index contributed by atoms with van der Waals surface area (Å²) < 4.78 is 5.29. The highest BCUT2D eigenvalue weighted by atomic mass is 35.5. The Morgan fingerprint density at radius 1 is 1.29 bits per heavy atom. The largest absolute Gasteiger partial charge is 0.467 e. The molecule has 1 saturated carbocycles. The van der Waals surface area contributed by atoms with Gasteiger partial charge in [0.2, 0.25) is 0 Å². The Morgan fingerprint density at radius 2 is 2.10 bits per heavy atom. The second kappa shape index (κ2) is 6.35. The number of hydrogen-bond acceptors (Lipinski definition) is 5. The number of nitrogens with two attached hydrogens (primary N) is 1. The van der Waals surface area contributed by atoms with Gasteiger partial charge in [0.15, 0.2) is 11.0 Å². The third kappa shape index (κ3) is 3.29. The maximum atomic E-state index is 6.16. The smallest absolute Gasteiger partial charge is 0.157 e. The summed E-state index contributed by atoms with van der Waals surface area (Å²) >= 11 is 6.16. The monoisotopic (exact) mass is 306 g/mol. The Morgan fingerprint density at radius 3 is 2.81 bits per heavy atom. The lowest BCUT2D eigenvalue weighted by Crippen LogP contribution is -2.13. The van der Waals surface area contributed by atoms with Crippen molar-refractivity contribution in [1.82, 2.24) is 9.97 Å². The lowest BCUT2D eigenvalue weighted by atomic mass is 9.89. The van der Waals surface area contributed by atoms with Gasteiger partial charge in [-0.2, -0.15) is 0 Å². The molecule has 0 aliphatic heterocycles. The van der Waals surface area contributed by atoms with E-state index in [9.17, 15) is 0 Å². The maximum Gasteiger partial charge on any atom is 0.157 e. The zero-order valence-corrected chi connectivity index (χ0v) is 12.6. The average Bonchev–Trinajstić information content (AvgIpc) is 3.03. The molecule has 5 nitrogen and oxygen atoms in total. The van der Waals surface area contributed by atoms with Gasteiger partial charge in [0, 0.05) is 5.92 Å². The van der Waals surface area contributed by atoms with Crippen molar-refractivity contribution in [3.8, 4) is 0 Å². The molecule has 112 valence electrons. The number of rotatable bonds is 4. The molecular weight excluding hydrogens is 288 g/mol. The van der Waals surface area contributed by atoms with E-state index in [0.717, 1.165) is 24.4 Å². The number of aromatic nitrogens is 2. The Balaban J connectivity index is 1.79. The second-order valence-electron chi connectivity index (χ2n) is 5.40. The molecule has 2 aromatic rings. The Labute approximate surface area is 128 Å². The lowest BCUT2D eigenvalue weighted by molar-refractivity contribution is 0.429. The van der Waals surface area contributed by atoms with Gasteiger partial charge in [0.1, 0.15) is 17.3 Å². The molecule has 2 heterocycles. The summed E-state index contributed by atoms with van der Waals surface area (Å²) in [6.45, 7) is 0.522. The summed E-state index contributed by atoms with van der Waals surface area (Å²) in [4.78, 5) is 8.95. The van der Waals surface area contributed by atoms with E-state index >= 15 is 0 Å². The zero-order valence-electron chi connectivity index (χ0n) is 11.8. The van der Waals surface area contributed by atoms with E-state index in [0.29, 0.717) is 29.1 Å². The van der Waals surface area contributed by atoms with Crippen LogP contribution in [0.3, 0.4) is 0 Å². The molecule has 0 spiro atoms. The molecule has 1 aliphatic rings. The summed E-state index contributed by atoms with van der Waals surface area (Å²) in [7, 11) is 0. The van der Waals surface area contributed by atoms with Crippen molar-refractivity contribution in [3.05, 3.63) is 35.1 Å². The first-order chi connectivity index (χ1) is 10.2. The van der Waals surface area contributed by atoms with Gasteiger partial charge in [-0.1, -0.05) is 30.9 Å². The molecule has 6 heteroatoms. The third-order valence-electron chi connectivity index (χ3n) is 3.90. The average molecular weight is 307 g/mol. The van der Waals surface area contributed by atoms with Crippen molar-refractivity contribution in [2.45, 2.75) is 44.6 Å². The zero-order chi connectivity index (χ0) is 14.7. The van der Waals surface area contributed by atoms with Crippen molar-refractivity contribution < 1.29 is 4.42 Å². The van der Waals surface area contributed by atoms with Crippen molar-refractivity contribution in [1.29, 1.82) is 0 Å². The van der Waals surface area contributed by atoms with E-state index in [2.05, 4.69) is 15.3 Å². The Hall–Kier alpha value is -1.75. The summed E-state index contributed by atoms with van der Waals surface area (Å²) in [5.74, 6) is 2.60. The van der Waals surface area contributed by atoms with Gasteiger partial charge in [-0.25, -0.2) is 9.97 Å². The lowest BCUT2D eigenvalue weighted by Gasteiger charge is -2.21. The van der Waals surface area contributed by atoms with Crippen LogP contribution in [0.2, 0.25) is 5.15 Å². The predicted molar refractivity (Wildman–Crippen MR) is 83.3 cm³/mol. The van der Waals surface area contributed by atoms with Crippen molar-refractivity contribution in [3.63, 3.8) is 0 Å². The van der Waals surface area contributed by atoms with E-state index in [1.807, 2.05) is 12.1 Å². The molecule has 0 atom stereocenters. The minimum absolute atomic E-state index is 0.326. The van der Waals surface area contributed by atoms with Crippen LogP contribution in [-0.2, 0) is 6.54 Å². The molecule has 0 aromatic carbocycles. The molecule has 2 aromatic heterocycles. The number of halogens is 1. The molecule has 0 bridgehead atoms. The summed E-state index contributed by atoms with van der Waals surface area (Å²) in [6.07, 6.45) is 7.63. The quantitative estimate of drug-likeness (QED) is 0.836. The van der Waals surface area contributed by atoms with Gasteiger partial charge in [-0.3, -0.25) is 0 Å². The molecule has 1 aliphatic carbocycles. The third-order valence-corrected chi connectivity index (χ3v) is 4.19. The predicted octanol–water partition coefficient (Wildman–Crippen LogP) is 3.97. The van der Waals surface area contributed by atoms with Crippen LogP contribution < -0.4 is 11.1 Å². The van der Waals surface area contributed by atoms with Gasteiger partial charge in [0.25, 0.3) is 0 Å². The first-order valence-electron chi connectivity index (χ1n) is 7.33. The van der Waals surface area contributed by atoms with Crippen molar-refractivity contribution in [2.24, 2.45) is 0 Å². The summed E-state index contributed by atoms with van der Waals surface area (Å²) in [5.41, 5.74) is 6.36. The number of hydrogen-bond donors (Lipinski definition) is 2. The standard InChI is InChI=1S/C15H19ClN4O/c16-13-12(17)15(18-9-11-7-4-8-21-11)20-14(19-13)10-5-2-1-3-6-10/h4,7-8,10H,1-3,5-6,9,17H2,(H,18,19,20). The maximum absolute atomic E-state index is 6.16. The number of nitrogens with zero attached hydrogens (tertiary/aromatic N) is 2. The topological polar surface area (TPSA) is 77.0 Å². The fraction of sp³-hybridized carbons (Fsp3) is 0.467. The number of furan rings is 1. The van der Waals surface area contributed by atoms with Crippen LogP contribution in [0.25, 0.3) is 0 Å². The van der Waals surface area contributed by atoms with E-state index < -0.39 is 0 Å². The van der Waals surface area contributed by atoms with Crippen LogP contribution in [0.5, 0.6) is 0 Å². The first-order valence-corrected chi connectivity index (χ1v) is 7.71. The molecule has 0 unspecified atom stereocenters. The number of nitrogen functional groups attached to an aromatic ring is 1. The number of anilines is 2. The van der Waals surface area contributed by atoms with Gasteiger partial charge >= 0.3 is 0 Å². The highest BCUT2D eigenvalue weighted by molar-refractivity contribution is 6.32. The van der Waals surface area contributed by atoms with E-state index in [-0.39, 0.29) is 0 Å². The molecule has 0 amide bonds. The van der Waals surface area contributed by atoms with E-state index in [4.69, 9.17) is 21.8 Å². The first kappa shape index (κ1) is 14.2. The minimum atomic E-state index is 0.326. The molecule has 21 heavy (non-hydrogen) atoms. The van der Waals surface area contributed by atoms with Crippen LogP contribution >= 0.6 is 11.6 Å². The summed E-state index contributed by atoms with van der Waals surface area (Å²) in [5, 5.41) is 3.51. The molecule has 3 rings (SSSR count). The molecule has 1 fully saturated rings. The molecule has 0 saturated heterocycles. The van der Waals surface area contributed by atoms with Crippen LogP contribution in [0.15, 0.2) is 22.8 Å². The Kier molecular flexibility index (Phi) is 4.29. The highest BCUT2D eigenvalue weighted by Gasteiger charge is 2.21. The molecule has 3 N–H and O–H groups in total. The SMILES string of the molecule is Nc1c(Cl)nc(C2CCCCC2)nc1NCc1ccco1. The van der Waals surface area contributed by atoms with Crippen LogP contribution in [0.4, 0.5) is 11.5 Å². The Bertz CT molecular complexity index is 594. The molecule has 0 radical (unpaired) electrons. The fourth-order valence-electron chi connectivity index (χ4n) is 2.72. The highest BCUT2D eigenvalue weighted by Crippen LogP contribution is 2.34. The van der Waals surface area contributed by atoms with Gasteiger partial charge < -0.3 is 15.5 Å². The van der Waals surface area contributed by atoms with Gasteiger partial charge in [-0.15, -0.1) is 0 Å². The fourth-order valence-corrected chi connectivity index (χ4v) is 2.90. The van der Waals surface area contributed by atoms with Gasteiger partial charge in [-0.05, 0) is 25.0 Å². The van der Waals surface area contributed by atoms with E-state index in [1.165, 1.54) is 19.3 Å². The van der Waals surface area contributed by atoms with Gasteiger partial charge in [0.05, 0.1) is 12.8 Å². The van der Waals surface area contributed by atoms with Crippen LogP contribution in [0, 0.1) is 0 Å². The second-order valence-corrected chi connectivity index (χ2v) is 5.76. The normalized spacial score (nSPS) is 16.0. The van der Waals surface area contributed by atoms with E-state index in [1.54, 1.807) is 6.26 Å². The molecular formula is C15H19ClN4O. The van der Waals surface area contributed by atoms with Crippen molar-refractivity contribution >= 4 is 23.1 Å². The van der Waals surface area contributed by atoms with Crippen LogP contribution in [-0.4, -0.2) is 9.97 Å². The summed E-state index contributed by atoms with van der Waals surface area (Å²) in [6, 6.07) is 3.74. The van der Waals surface area contributed by atoms with Crippen molar-refractivity contribution in [2.75, 3.05) is 11.1 Å². The number of nitrogens with one attached hydrogen (secondary N) is 1.